The summed E-state index contributed by atoms with van der Waals surface area (Å²) in [5.74, 6) is 0.224. The second-order valence-corrected chi connectivity index (χ2v) is 6.60. The van der Waals surface area contributed by atoms with E-state index < -0.39 is 17.8 Å². The Morgan fingerprint density at radius 2 is 1.77 bits per heavy atom. The van der Waals surface area contributed by atoms with Crippen molar-refractivity contribution in [2.75, 3.05) is 13.2 Å². The largest absolute Gasteiger partial charge is 0.491 e. The first-order chi connectivity index (χ1) is 12.3. The first-order valence-corrected chi connectivity index (χ1v) is 8.26. The molecule has 1 amide bonds. The van der Waals surface area contributed by atoms with Gasteiger partial charge in [-0.1, -0.05) is 18.2 Å². The lowest BCUT2D eigenvalue weighted by molar-refractivity contribution is -0.137. The molecule has 0 spiro atoms. The fourth-order valence-electron chi connectivity index (χ4n) is 3.49. The van der Waals surface area contributed by atoms with Crippen LogP contribution in [-0.2, 0) is 6.18 Å². The molecule has 2 unspecified atom stereocenters. The first kappa shape index (κ1) is 16.9. The number of amides is 1. The van der Waals surface area contributed by atoms with Crippen molar-refractivity contribution >= 4 is 5.91 Å². The summed E-state index contributed by atoms with van der Waals surface area (Å²) >= 11 is 0. The number of carbonyl (C=O) groups is 1. The molecule has 0 aliphatic carbocycles. The molecule has 136 valence electrons. The topological polar surface area (TPSA) is 49.8 Å². The zero-order valence-corrected chi connectivity index (χ0v) is 13.7. The standard InChI is InChI=1S/C19H16F3NO3/c20-19(21,22)13-4-1-11(2-5-13)12-3-6-17-16(7-12)18(25)23-9-15(24)8-14(23)10-26-17/h1-7,14-15,24H,8-10H2. The van der Waals surface area contributed by atoms with Crippen LogP contribution in [0.5, 0.6) is 5.75 Å². The van der Waals surface area contributed by atoms with Crippen molar-refractivity contribution in [1.82, 2.24) is 4.90 Å². The third-order valence-electron chi connectivity index (χ3n) is 4.84. The number of rotatable bonds is 1. The van der Waals surface area contributed by atoms with E-state index in [1.807, 2.05) is 0 Å². The van der Waals surface area contributed by atoms with E-state index in [0.29, 0.717) is 35.5 Å². The van der Waals surface area contributed by atoms with Gasteiger partial charge in [-0.05, 0) is 41.8 Å². The molecule has 2 atom stereocenters. The van der Waals surface area contributed by atoms with E-state index in [2.05, 4.69) is 0 Å². The number of fused-ring (bicyclic) bond motifs is 2. The van der Waals surface area contributed by atoms with Crippen molar-refractivity contribution in [2.45, 2.75) is 24.7 Å². The summed E-state index contributed by atoms with van der Waals surface area (Å²) < 4.78 is 43.9. The van der Waals surface area contributed by atoms with E-state index in [0.717, 1.165) is 12.1 Å². The molecule has 1 saturated heterocycles. The van der Waals surface area contributed by atoms with Gasteiger partial charge in [0.05, 0.1) is 23.3 Å². The van der Waals surface area contributed by atoms with Gasteiger partial charge >= 0.3 is 6.18 Å². The van der Waals surface area contributed by atoms with Crippen LogP contribution in [0.1, 0.15) is 22.3 Å². The molecule has 4 nitrogen and oxygen atoms in total. The van der Waals surface area contributed by atoms with Crippen LogP contribution < -0.4 is 4.74 Å². The summed E-state index contributed by atoms with van der Waals surface area (Å²) in [5.41, 5.74) is 0.854. The molecular weight excluding hydrogens is 347 g/mol. The number of nitrogens with zero attached hydrogens (tertiary/aromatic N) is 1. The SMILES string of the molecule is O=C1c2cc(-c3ccc(C(F)(F)F)cc3)ccc2OCC2CC(O)CN12. The fourth-order valence-corrected chi connectivity index (χ4v) is 3.49. The molecule has 0 saturated carbocycles. The van der Waals surface area contributed by atoms with Crippen LogP contribution in [0, 0.1) is 0 Å². The molecule has 1 N–H and O–H groups in total. The third-order valence-corrected chi connectivity index (χ3v) is 4.84. The van der Waals surface area contributed by atoms with E-state index >= 15 is 0 Å². The maximum atomic E-state index is 12.8. The second kappa shape index (κ2) is 6.02. The Labute approximate surface area is 147 Å². The van der Waals surface area contributed by atoms with Crippen molar-refractivity contribution in [3.05, 3.63) is 53.6 Å². The molecule has 26 heavy (non-hydrogen) atoms. The Morgan fingerprint density at radius 3 is 2.46 bits per heavy atom. The van der Waals surface area contributed by atoms with Crippen molar-refractivity contribution in [2.24, 2.45) is 0 Å². The van der Waals surface area contributed by atoms with Gasteiger partial charge in [-0.15, -0.1) is 0 Å². The lowest BCUT2D eigenvalue weighted by Crippen LogP contribution is -2.36. The zero-order valence-electron chi connectivity index (χ0n) is 13.7. The van der Waals surface area contributed by atoms with Crippen molar-refractivity contribution < 1.29 is 27.8 Å². The molecule has 2 aliphatic heterocycles. The highest BCUT2D eigenvalue weighted by molar-refractivity contribution is 5.99. The molecule has 7 heteroatoms. The number of carbonyl (C=O) groups excluding carboxylic acids is 1. The average molecular weight is 363 g/mol. The zero-order chi connectivity index (χ0) is 18.5. The second-order valence-electron chi connectivity index (χ2n) is 6.60. The van der Waals surface area contributed by atoms with E-state index in [9.17, 15) is 23.1 Å². The summed E-state index contributed by atoms with van der Waals surface area (Å²) in [6.07, 6.45) is -4.47. The molecule has 0 aromatic heterocycles. The minimum absolute atomic E-state index is 0.167. The van der Waals surface area contributed by atoms with Crippen LogP contribution in [0.4, 0.5) is 13.2 Å². The van der Waals surface area contributed by atoms with Crippen molar-refractivity contribution in [3.8, 4) is 16.9 Å². The predicted molar refractivity (Wildman–Crippen MR) is 87.8 cm³/mol. The third kappa shape index (κ3) is 2.92. The number of benzene rings is 2. The van der Waals surface area contributed by atoms with E-state index in [1.54, 1.807) is 23.1 Å². The summed E-state index contributed by atoms with van der Waals surface area (Å²) in [6.45, 7) is 0.576. The van der Waals surface area contributed by atoms with Crippen molar-refractivity contribution in [1.29, 1.82) is 0 Å². The van der Waals surface area contributed by atoms with Crippen LogP contribution >= 0.6 is 0 Å². The molecule has 2 aliphatic rings. The minimum atomic E-state index is -4.39. The Kier molecular flexibility index (Phi) is 3.91. The summed E-state index contributed by atoms with van der Waals surface area (Å²) in [6, 6.07) is 9.66. The average Bonchev–Trinajstić information content (AvgIpc) is 2.94. The predicted octanol–water partition coefficient (Wildman–Crippen LogP) is 3.34. The van der Waals surface area contributed by atoms with Crippen LogP contribution in [0.2, 0.25) is 0 Å². The Bertz CT molecular complexity index is 848. The molecule has 2 aromatic rings. The normalized spacial score (nSPS) is 22.5. The number of aliphatic hydroxyl groups is 1. The highest BCUT2D eigenvalue weighted by atomic mass is 19.4. The van der Waals surface area contributed by atoms with E-state index in [1.165, 1.54) is 12.1 Å². The van der Waals surface area contributed by atoms with Gasteiger partial charge in [-0.3, -0.25) is 4.79 Å². The highest BCUT2D eigenvalue weighted by Gasteiger charge is 2.38. The van der Waals surface area contributed by atoms with Gasteiger partial charge in [0, 0.05) is 6.54 Å². The monoisotopic (exact) mass is 363 g/mol. The van der Waals surface area contributed by atoms with Gasteiger partial charge in [0.15, 0.2) is 0 Å². The Hall–Kier alpha value is -2.54. The first-order valence-electron chi connectivity index (χ1n) is 8.26. The summed E-state index contributed by atoms with van der Waals surface area (Å²) in [5, 5.41) is 9.80. The minimum Gasteiger partial charge on any atom is -0.491 e. The lowest BCUT2D eigenvalue weighted by Gasteiger charge is -2.20. The maximum absolute atomic E-state index is 12.8. The lowest BCUT2D eigenvalue weighted by atomic mass is 10.0. The van der Waals surface area contributed by atoms with Gasteiger partial charge in [0.1, 0.15) is 12.4 Å². The van der Waals surface area contributed by atoms with Gasteiger partial charge in [0.25, 0.3) is 5.91 Å². The van der Waals surface area contributed by atoms with E-state index in [-0.39, 0.29) is 18.5 Å². The molecule has 1 fully saturated rings. The quantitative estimate of drug-likeness (QED) is 0.846. The van der Waals surface area contributed by atoms with Crippen LogP contribution in [-0.4, -0.2) is 41.2 Å². The van der Waals surface area contributed by atoms with Crippen LogP contribution in [0.15, 0.2) is 42.5 Å². The number of halogens is 3. The number of aliphatic hydroxyl groups excluding tert-OH is 1. The van der Waals surface area contributed by atoms with Gasteiger partial charge in [-0.2, -0.15) is 13.2 Å². The molecule has 2 aromatic carbocycles. The molecule has 0 bridgehead atoms. The summed E-state index contributed by atoms with van der Waals surface area (Å²) in [7, 11) is 0. The van der Waals surface area contributed by atoms with Crippen LogP contribution in [0.25, 0.3) is 11.1 Å². The van der Waals surface area contributed by atoms with E-state index in [4.69, 9.17) is 4.74 Å². The maximum Gasteiger partial charge on any atom is 0.416 e. The van der Waals surface area contributed by atoms with Gasteiger partial charge in [-0.25, -0.2) is 0 Å². The molecule has 4 rings (SSSR count). The van der Waals surface area contributed by atoms with Gasteiger partial charge < -0.3 is 14.7 Å². The molecule has 0 radical (unpaired) electrons. The van der Waals surface area contributed by atoms with Gasteiger partial charge in [0.2, 0.25) is 0 Å². The van der Waals surface area contributed by atoms with Crippen molar-refractivity contribution in [3.63, 3.8) is 0 Å². The number of hydrogen-bond donors (Lipinski definition) is 1. The molecule has 2 heterocycles. The molecular formula is C19H16F3NO3. The Morgan fingerprint density at radius 1 is 1.08 bits per heavy atom. The number of alkyl halides is 3. The highest BCUT2D eigenvalue weighted by Crippen LogP contribution is 2.34. The van der Waals surface area contributed by atoms with Crippen LogP contribution in [0.3, 0.4) is 0 Å². The number of ether oxygens (including phenoxy) is 1. The number of hydrogen-bond acceptors (Lipinski definition) is 3. The summed E-state index contributed by atoms with van der Waals surface area (Å²) in [4.78, 5) is 14.4. The fraction of sp³-hybridized carbons (Fsp3) is 0.316. The smallest absolute Gasteiger partial charge is 0.416 e. The Balaban J connectivity index is 1.68.